The molecular formula is C12H23BrO. The molecule has 0 aliphatic rings. The Kier molecular flexibility index (Phi) is 9.80. The van der Waals surface area contributed by atoms with Gasteiger partial charge in [0, 0.05) is 6.42 Å². The monoisotopic (exact) mass is 262 g/mol. The Hall–Kier alpha value is 0.150. The van der Waals surface area contributed by atoms with Gasteiger partial charge in [0.1, 0.15) is 5.78 Å². The van der Waals surface area contributed by atoms with Crippen molar-refractivity contribution >= 4 is 21.7 Å². The standard InChI is InChI=1S/C12H23BrO/c1-3-5-7-9-11(13)12(14)10-8-6-4-2/h11H,3-10H2,1-2H3. The summed E-state index contributed by atoms with van der Waals surface area (Å²) in [6, 6.07) is 0. The lowest BCUT2D eigenvalue weighted by Crippen LogP contribution is -2.13. The summed E-state index contributed by atoms with van der Waals surface area (Å²) in [6.45, 7) is 4.35. The van der Waals surface area contributed by atoms with E-state index in [0.717, 1.165) is 19.3 Å². The van der Waals surface area contributed by atoms with Gasteiger partial charge in [-0.15, -0.1) is 0 Å². The maximum atomic E-state index is 11.6. The highest BCUT2D eigenvalue weighted by Gasteiger charge is 2.12. The van der Waals surface area contributed by atoms with Gasteiger partial charge in [-0.1, -0.05) is 61.9 Å². The van der Waals surface area contributed by atoms with E-state index in [4.69, 9.17) is 0 Å². The van der Waals surface area contributed by atoms with Gasteiger partial charge in [0.2, 0.25) is 0 Å². The maximum absolute atomic E-state index is 11.6. The number of hydrogen-bond acceptors (Lipinski definition) is 1. The first-order valence-corrected chi connectivity index (χ1v) is 6.80. The molecule has 0 aromatic rings. The van der Waals surface area contributed by atoms with Crippen molar-refractivity contribution in [3.63, 3.8) is 0 Å². The smallest absolute Gasteiger partial charge is 0.146 e. The summed E-state index contributed by atoms with van der Waals surface area (Å²) in [5.74, 6) is 0.398. The van der Waals surface area contributed by atoms with Crippen molar-refractivity contribution in [2.75, 3.05) is 0 Å². The van der Waals surface area contributed by atoms with Gasteiger partial charge in [-0.05, 0) is 12.8 Å². The number of ketones is 1. The van der Waals surface area contributed by atoms with Crippen LogP contribution in [0, 0.1) is 0 Å². The molecule has 1 atom stereocenters. The van der Waals surface area contributed by atoms with Crippen LogP contribution in [0.3, 0.4) is 0 Å². The third kappa shape index (κ3) is 7.54. The predicted octanol–water partition coefficient (Wildman–Crippen LogP) is 4.48. The van der Waals surface area contributed by atoms with Gasteiger partial charge < -0.3 is 0 Å². The molecule has 2 heteroatoms. The Morgan fingerprint density at radius 3 is 2.21 bits per heavy atom. The van der Waals surface area contributed by atoms with E-state index in [1.54, 1.807) is 0 Å². The molecule has 0 heterocycles. The number of halogens is 1. The summed E-state index contributed by atoms with van der Waals surface area (Å²) >= 11 is 3.48. The molecule has 0 bridgehead atoms. The zero-order valence-electron chi connectivity index (χ0n) is 9.52. The fourth-order valence-electron chi connectivity index (χ4n) is 1.44. The number of carbonyl (C=O) groups is 1. The van der Waals surface area contributed by atoms with E-state index in [9.17, 15) is 4.79 Å². The topological polar surface area (TPSA) is 17.1 Å². The maximum Gasteiger partial charge on any atom is 0.146 e. The normalized spacial score (nSPS) is 12.8. The van der Waals surface area contributed by atoms with Gasteiger partial charge in [0.15, 0.2) is 0 Å². The van der Waals surface area contributed by atoms with Crippen LogP contribution in [-0.2, 0) is 4.79 Å². The molecular weight excluding hydrogens is 240 g/mol. The van der Waals surface area contributed by atoms with Crippen molar-refractivity contribution in [3.8, 4) is 0 Å². The molecule has 0 amide bonds. The fraction of sp³-hybridized carbons (Fsp3) is 0.917. The largest absolute Gasteiger partial charge is 0.298 e. The molecule has 0 saturated carbocycles. The van der Waals surface area contributed by atoms with Crippen molar-refractivity contribution in [1.29, 1.82) is 0 Å². The minimum absolute atomic E-state index is 0.117. The molecule has 0 spiro atoms. The lowest BCUT2D eigenvalue weighted by atomic mass is 10.1. The molecule has 0 aromatic carbocycles. The van der Waals surface area contributed by atoms with E-state index in [0.29, 0.717) is 5.78 Å². The van der Waals surface area contributed by atoms with Crippen LogP contribution in [0.25, 0.3) is 0 Å². The van der Waals surface area contributed by atoms with E-state index >= 15 is 0 Å². The molecule has 14 heavy (non-hydrogen) atoms. The minimum Gasteiger partial charge on any atom is -0.298 e. The molecule has 1 unspecified atom stereocenters. The van der Waals surface area contributed by atoms with Gasteiger partial charge in [-0.2, -0.15) is 0 Å². The predicted molar refractivity (Wildman–Crippen MR) is 66.0 cm³/mol. The third-order valence-corrected chi connectivity index (χ3v) is 3.41. The average molecular weight is 263 g/mol. The van der Waals surface area contributed by atoms with Crippen LogP contribution in [-0.4, -0.2) is 10.6 Å². The fourth-order valence-corrected chi connectivity index (χ4v) is 1.99. The van der Waals surface area contributed by atoms with Crippen LogP contribution in [0.4, 0.5) is 0 Å². The number of hydrogen-bond donors (Lipinski definition) is 0. The zero-order chi connectivity index (χ0) is 10.8. The van der Waals surface area contributed by atoms with Crippen molar-refractivity contribution in [3.05, 3.63) is 0 Å². The molecule has 1 nitrogen and oxygen atoms in total. The summed E-state index contributed by atoms with van der Waals surface area (Å²) in [6.07, 6.45) is 8.84. The second-order valence-electron chi connectivity index (χ2n) is 3.89. The molecule has 0 N–H and O–H groups in total. The lowest BCUT2D eigenvalue weighted by Gasteiger charge is -2.07. The van der Waals surface area contributed by atoms with Crippen LogP contribution >= 0.6 is 15.9 Å². The highest BCUT2D eigenvalue weighted by Crippen LogP contribution is 2.15. The molecule has 0 aromatic heterocycles. The molecule has 0 saturated heterocycles. The number of carbonyl (C=O) groups excluding carboxylic acids is 1. The molecule has 0 fully saturated rings. The first-order valence-electron chi connectivity index (χ1n) is 5.89. The lowest BCUT2D eigenvalue weighted by molar-refractivity contribution is -0.118. The van der Waals surface area contributed by atoms with Crippen molar-refractivity contribution in [2.24, 2.45) is 0 Å². The van der Waals surface area contributed by atoms with E-state index in [1.807, 2.05) is 0 Å². The van der Waals surface area contributed by atoms with Crippen LogP contribution in [0.5, 0.6) is 0 Å². The van der Waals surface area contributed by atoms with Gasteiger partial charge in [0.05, 0.1) is 4.83 Å². The number of alkyl halides is 1. The van der Waals surface area contributed by atoms with Crippen molar-refractivity contribution in [2.45, 2.75) is 70.0 Å². The van der Waals surface area contributed by atoms with Crippen molar-refractivity contribution in [1.82, 2.24) is 0 Å². The highest BCUT2D eigenvalue weighted by molar-refractivity contribution is 9.10. The van der Waals surface area contributed by atoms with Gasteiger partial charge >= 0.3 is 0 Å². The molecule has 0 radical (unpaired) electrons. The summed E-state index contributed by atoms with van der Waals surface area (Å²) in [4.78, 5) is 11.7. The third-order valence-electron chi connectivity index (χ3n) is 2.44. The Balaban J connectivity index is 3.44. The molecule has 0 aliphatic carbocycles. The molecule has 84 valence electrons. The average Bonchev–Trinajstić information content (AvgIpc) is 2.18. The number of Topliss-reactive ketones (excluding diaryl/α,β-unsaturated/α-hetero) is 1. The van der Waals surface area contributed by atoms with Gasteiger partial charge in [0.25, 0.3) is 0 Å². The first kappa shape index (κ1) is 14.2. The van der Waals surface area contributed by atoms with Gasteiger partial charge in [-0.25, -0.2) is 0 Å². The SMILES string of the molecule is CCCCCC(=O)C(Br)CCCCC. The van der Waals surface area contributed by atoms with Crippen molar-refractivity contribution < 1.29 is 4.79 Å². The van der Waals surface area contributed by atoms with E-state index < -0.39 is 0 Å². The van der Waals surface area contributed by atoms with Gasteiger partial charge in [-0.3, -0.25) is 4.79 Å². The number of rotatable bonds is 9. The Bertz CT molecular complexity index is 145. The first-order chi connectivity index (χ1) is 6.72. The Morgan fingerprint density at radius 2 is 1.64 bits per heavy atom. The quantitative estimate of drug-likeness (QED) is 0.443. The van der Waals surface area contributed by atoms with Crippen LogP contribution < -0.4 is 0 Å². The Morgan fingerprint density at radius 1 is 1.07 bits per heavy atom. The molecule has 0 aliphatic heterocycles. The summed E-state index contributed by atoms with van der Waals surface area (Å²) in [7, 11) is 0. The van der Waals surface area contributed by atoms with E-state index in [1.165, 1.54) is 32.1 Å². The van der Waals surface area contributed by atoms with E-state index in [-0.39, 0.29) is 4.83 Å². The van der Waals surface area contributed by atoms with Crippen LogP contribution in [0.15, 0.2) is 0 Å². The Labute approximate surface area is 96.8 Å². The van der Waals surface area contributed by atoms with E-state index in [2.05, 4.69) is 29.8 Å². The minimum atomic E-state index is 0.117. The zero-order valence-corrected chi connectivity index (χ0v) is 11.1. The van der Waals surface area contributed by atoms with Crippen LogP contribution in [0.1, 0.15) is 65.2 Å². The molecule has 0 rings (SSSR count). The second kappa shape index (κ2) is 9.70. The summed E-state index contributed by atoms with van der Waals surface area (Å²) in [5, 5.41) is 0. The van der Waals surface area contributed by atoms with Crippen LogP contribution in [0.2, 0.25) is 0 Å². The summed E-state index contributed by atoms with van der Waals surface area (Å²) < 4.78 is 0. The second-order valence-corrected chi connectivity index (χ2v) is 4.99. The summed E-state index contributed by atoms with van der Waals surface area (Å²) in [5.41, 5.74) is 0. The number of unbranched alkanes of at least 4 members (excludes halogenated alkanes) is 4. The highest BCUT2D eigenvalue weighted by atomic mass is 79.9.